The van der Waals surface area contributed by atoms with Gasteiger partial charge in [0.1, 0.15) is 5.82 Å². The zero-order valence-electron chi connectivity index (χ0n) is 11.5. The molecule has 1 N–H and O–H groups in total. The Balaban J connectivity index is 1.83. The van der Waals surface area contributed by atoms with E-state index in [0.29, 0.717) is 0 Å². The summed E-state index contributed by atoms with van der Waals surface area (Å²) in [6, 6.07) is 4.93. The van der Waals surface area contributed by atoms with Crippen molar-refractivity contribution in [1.29, 1.82) is 0 Å². The van der Waals surface area contributed by atoms with E-state index in [-0.39, 0.29) is 5.82 Å². The normalized spacial score (nSPS) is 17.8. The third kappa shape index (κ3) is 4.55. The molecule has 0 aliphatic carbocycles. The number of hydrogen-bond acceptors (Lipinski definition) is 2. The highest BCUT2D eigenvalue weighted by atomic mass is 79.9. The standard InChI is InChI=1S/C15H22BrFN2/c1-18-7-4-12-5-8-19(9-6-12)11-13-10-14(17)2-3-15(13)16/h2-3,10,12,18H,4-9,11H2,1H3. The summed E-state index contributed by atoms with van der Waals surface area (Å²) < 4.78 is 14.3. The monoisotopic (exact) mass is 328 g/mol. The van der Waals surface area contributed by atoms with Crippen molar-refractivity contribution in [2.24, 2.45) is 5.92 Å². The Morgan fingerprint density at radius 1 is 1.37 bits per heavy atom. The van der Waals surface area contributed by atoms with Crippen LogP contribution in [0, 0.1) is 11.7 Å². The lowest BCUT2D eigenvalue weighted by atomic mass is 9.93. The van der Waals surface area contributed by atoms with Crippen molar-refractivity contribution in [2.75, 3.05) is 26.7 Å². The van der Waals surface area contributed by atoms with Crippen LogP contribution in [-0.4, -0.2) is 31.6 Å². The summed E-state index contributed by atoms with van der Waals surface area (Å²) in [4.78, 5) is 2.43. The lowest BCUT2D eigenvalue weighted by Gasteiger charge is -2.32. The van der Waals surface area contributed by atoms with Crippen molar-refractivity contribution < 1.29 is 4.39 Å². The van der Waals surface area contributed by atoms with Gasteiger partial charge in [0.25, 0.3) is 0 Å². The van der Waals surface area contributed by atoms with E-state index in [0.717, 1.165) is 42.1 Å². The van der Waals surface area contributed by atoms with Crippen molar-refractivity contribution in [3.63, 3.8) is 0 Å². The molecular formula is C15H22BrFN2. The van der Waals surface area contributed by atoms with E-state index < -0.39 is 0 Å². The molecular weight excluding hydrogens is 307 g/mol. The van der Waals surface area contributed by atoms with Crippen LogP contribution in [0.2, 0.25) is 0 Å². The van der Waals surface area contributed by atoms with E-state index in [2.05, 4.69) is 26.1 Å². The SMILES string of the molecule is CNCCC1CCN(Cc2cc(F)ccc2Br)CC1. The lowest BCUT2D eigenvalue weighted by molar-refractivity contribution is 0.172. The van der Waals surface area contributed by atoms with Crippen molar-refractivity contribution in [3.05, 3.63) is 34.1 Å². The maximum atomic E-state index is 13.3. The van der Waals surface area contributed by atoms with E-state index >= 15 is 0 Å². The number of piperidine rings is 1. The van der Waals surface area contributed by atoms with Gasteiger partial charge in [0.15, 0.2) is 0 Å². The summed E-state index contributed by atoms with van der Waals surface area (Å²) in [5.41, 5.74) is 1.05. The van der Waals surface area contributed by atoms with Crippen LogP contribution in [0.1, 0.15) is 24.8 Å². The molecule has 0 saturated carbocycles. The highest BCUT2D eigenvalue weighted by molar-refractivity contribution is 9.10. The number of rotatable bonds is 5. The lowest BCUT2D eigenvalue weighted by Crippen LogP contribution is -2.34. The zero-order valence-corrected chi connectivity index (χ0v) is 13.0. The molecule has 1 aromatic carbocycles. The van der Waals surface area contributed by atoms with Crippen molar-refractivity contribution >= 4 is 15.9 Å². The molecule has 4 heteroatoms. The van der Waals surface area contributed by atoms with Crippen LogP contribution in [0.5, 0.6) is 0 Å². The average molecular weight is 329 g/mol. The third-order valence-corrected chi connectivity index (χ3v) is 4.69. The number of hydrogen-bond donors (Lipinski definition) is 1. The maximum Gasteiger partial charge on any atom is 0.123 e. The van der Waals surface area contributed by atoms with E-state index in [1.165, 1.54) is 25.3 Å². The van der Waals surface area contributed by atoms with Gasteiger partial charge in [-0.3, -0.25) is 4.90 Å². The molecule has 0 atom stereocenters. The molecule has 1 saturated heterocycles. The van der Waals surface area contributed by atoms with Gasteiger partial charge in [-0.25, -0.2) is 4.39 Å². The second-order valence-corrected chi connectivity index (χ2v) is 6.20. The first-order valence-corrected chi connectivity index (χ1v) is 7.79. The van der Waals surface area contributed by atoms with Gasteiger partial charge in [-0.05, 0) is 75.6 Å². The molecule has 1 aliphatic heterocycles. The van der Waals surface area contributed by atoms with Crippen molar-refractivity contribution in [3.8, 4) is 0 Å². The Morgan fingerprint density at radius 3 is 2.79 bits per heavy atom. The number of nitrogens with one attached hydrogen (secondary N) is 1. The zero-order chi connectivity index (χ0) is 13.7. The minimum atomic E-state index is -0.151. The molecule has 19 heavy (non-hydrogen) atoms. The van der Waals surface area contributed by atoms with Crippen LogP contribution in [-0.2, 0) is 6.54 Å². The summed E-state index contributed by atoms with van der Waals surface area (Å²) >= 11 is 3.50. The van der Waals surface area contributed by atoms with E-state index in [1.807, 2.05) is 7.05 Å². The second kappa shape index (κ2) is 7.36. The molecule has 1 heterocycles. The predicted octanol–water partition coefficient (Wildman–Crippen LogP) is 3.41. The molecule has 0 unspecified atom stereocenters. The van der Waals surface area contributed by atoms with Gasteiger partial charge in [-0.15, -0.1) is 0 Å². The number of benzene rings is 1. The molecule has 0 aromatic heterocycles. The average Bonchev–Trinajstić information content (AvgIpc) is 2.42. The fraction of sp³-hybridized carbons (Fsp3) is 0.600. The molecule has 0 bridgehead atoms. The Morgan fingerprint density at radius 2 is 2.11 bits per heavy atom. The molecule has 0 spiro atoms. The van der Waals surface area contributed by atoms with Crippen LogP contribution in [0.4, 0.5) is 4.39 Å². The van der Waals surface area contributed by atoms with E-state index in [1.54, 1.807) is 12.1 Å². The maximum absolute atomic E-state index is 13.3. The van der Waals surface area contributed by atoms with Gasteiger partial charge in [0.05, 0.1) is 0 Å². The van der Waals surface area contributed by atoms with Gasteiger partial charge in [-0.1, -0.05) is 15.9 Å². The molecule has 106 valence electrons. The Kier molecular flexibility index (Phi) is 5.79. The Labute approximate surface area is 123 Å². The summed E-state index contributed by atoms with van der Waals surface area (Å²) in [5.74, 6) is 0.696. The topological polar surface area (TPSA) is 15.3 Å². The minimum Gasteiger partial charge on any atom is -0.320 e. The van der Waals surface area contributed by atoms with Crippen LogP contribution < -0.4 is 5.32 Å². The van der Waals surface area contributed by atoms with E-state index in [4.69, 9.17) is 0 Å². The fourth-order valence-corrected chi connectivity index (χ4v) is 3.06. The summed E-state index contributed by atoms with van der Waals surface area (Å²) in [6.07, 6.45) is 3.79. The van der Waals surface area contributed by atoms with E-state index in [9.17, 15) is 4.39 Å². The molecule has 0 radical (unpaired) electrons. The van der Waals surface area contributed by atoms with Crippen LogP contribution in [0.3, 0.4) is 0 Å². The van der Waals surface area contributed by atoms with Gasteiger partial charge in [-0.2, -0.15) is 0 Å². The number of nitrogens with zero attached hydrogens (tertiary/aromatic N) is 1. The Hall–Kier alpha value is -0.450. The van der Waals surface area contributed by atoms with Gasteiger partial charge >= 0.3 is 0 Å². The van der Waals surface area contributed by atoms with Crippen LogP contribution in [0.25, 0.3) is 0 Å². The summed E-state index contributed by atoms with van der Waals surface area (Å²) in [7, 11) is 2.01. The first-order chi connectivity index (χ1) is 9.19. The molecule has 2 nitrogen and oxygen atoms in total. The van der Waals surface area contributed by atoms with Gasteiger partial charge < -0.3 is 5.32 Å². The number of halogens is 2. The van der Waals surface area contributed by atoms with Crippen LogP contribution >= 0.6 is 15.9 Å². The second-order valence-electron chi connectivity index (χ2n) is 5.35. The third-order valence-electron chi connectivity index (χ3n) is 3.91. The summed E-state index contributed by atoms with van der Waals surface area (Å²) in [6.45, 7) is 4.20. The van der Waals surface area contributed by atoms with Gasteiger partial charge in [0.2, 0.25) is 0 Å². The molecule has 1 aromatic rings. The molecule has 1 aliphatic rings. The minimum absolute atomic E-state index is 0.151. The highest BCUT2D eigenvalue weighted by Gasteiger charge is 2.19. The summed E-state index contributed by atoms with van der Waals surface area (Å²) in [5, 5.41) is 3.22. The molecule has 2 rings (SSSR count). The Bertz CT molecular complexity index is 403. The van der Waals surface area contributed by atoms with Crippen LogP contribution in [0.15, 0.2) is 22.7 Å². The fourth-order valence-electron chi connectivity index (χ4n) is 2.69. The quantitative estimate of drug-likeness (QED) is 0.891. The van der Waals surface area contributed by atoms with Crippen molar-refractivity contribution in [1.82, 2.24) is 10.2 Å². The number of likely N-dealkylation sites (tertiary alicyclic amines) is 1. The molecule has 1 fully saturated rings. The van der Waals surface area contributed by atoms with Crippen molar-refractivity contribution in [2.45, 2.75) is 25.8 Å². The van der Waals surface area contributed by atoms with Gasteiger partial charge in [0, 0.05) is 11.0 Å². The molecule has 0 amide bonds. The predicted molar refractivity (Wildman–Crippen MR) is 80.6 cm³/mol. The smallest absolute Gasteiger partial charge is 0.123 e. The first kappa shape index (κ1) is 14.9. The highest BCUT2D eigenvalue weighted by Crippen LogP contribution is 2.24. The first-order valence-electron chi connectivity index (χ1n) is 7.00. The largest absolute Gasteiger partial charge is 0.320 e.